The van der Waals surface area contributed by atoms with E-state index < -0.39 is 5.76 Å². The van der Waals surface area contributed by atoms with Crippen molar-refractivity contribution in [2.45, 2.75) is 30.9 Å². The average molecular weight is 351 g/mol. The molecule has 1 amide bonds. The van der Waals surface area contributed by atoms with E-state index in [0.717, 1.165) is 16.9 Å². The number of nitrogens with one attached hydrogen (secondary N) is 1. The van der Waals surface area contributed by atoms with Crippen molar-refractivity contribution in [2.24, 2.45) is 0 Å². The van der Waals surface area contributed by atoms with Gasteiger partial charge < -0.3 is 10.1 Å². The minimum Gasteiger partial charge on any atom is -0.493 e. The van der Waals surface area contributed by atoms with Crippen molar-refractivity contribution in [2.75, 3.05) is 11.9 Å². The molecule has 6 heteroatoms. The topological polar surface area (TPSA) is 38.3 Å². The van der Waals surface area contributed by atoms with Crippen LogP contribution < -0.4 is 10.1 Å². The summed E-state index contributed by atoms with van der Waals surface area (Å²) in [5.74, 6) is -2.06. The zero-order valence-electron chi connectivity index (χ0n) is 13.5. The lowest BCUT2D eigenvalue weighted by Crippen LogP contribution is -2.16. The predicted octanol–water partition coefficient (Wildman–Crippen LogP) is 5.03. The highest BCUT2D eigenvalue weighted by atomic mass is 32.2. The quantitative estimate of drug-likeness (QED) is 0.711. The molecular formula is C18H19F2NO2S. The molecule has 0 bridgehead atoms. The van der Waals surface area contributed by atoms with E-state index >= 15 is 0 Å². The molecule has 3 nitrogen and oxygen atoms in total. The van der Waals surface area contributed by atoms with Crippen LogP contribution in [0.1, 0.15) is 17.5 Å². The molecule has 2 rings (SSSR count). The molecule has 128 valence electrons. The average Bonchev–Trinajstić information content (AvgIpc) is 2.53. The van der Waals surface area contributed by atoms with Crippen LogP contribution in [-0.2, 0) is 4.79 Å². The number of amides is 1. The van der Waals surface area contributed by atoms with Gasteiger partial charge in [0.1, 0.15) is 5.75 Å². The number of halogens is 2. The van der Waals surface area contributed by atoms with Gasteiger partial charge in [0.2, 0.25) is 5.91 Å². The fraction of sp³-hybridized carbons (Fsp3) is 0.278. The molecule has 2 aromatic rings. The lowest BCUT2D eigenvalue weighted by atomic mass is 10.1. The standard InChI is InChI=1S/C18H19F2NO2S/c1-12-6-5-8-15(13(12)2)23-11-10-17(22)21-14-7-3-4-9-16(14)24-18(19)20/h3-9,18H,10-11H2,1-2H3,(H,21,22). The first-order valence-corrected chi connectivity index (χ1v) is 8.38. The van der Waals surface area contributed by atoms with Crippen molar-refractivity contribution < 1.29 is 18.3 Å². The van der Waals surface area contributed by atoms with E-state index in [1.165, 1.54) is 0 Å². The number of alkyl halides is 2. The van der Waals surface area contributed by atoms with Crippen LogP contribution in [0.5, 0.6) is 5.75 Å². The normalized spacial score (nSPS) is 10.7. The van der Waals surface area contributed by atoms with Gasteiger partial charge in [0.25, 0.3) is 5.76 Å². The number of hydrogen-bond acceptors (Lipinski definition) is 3. The summed E-state index contributed by atoms with van der Waals surface area (Å²) in [6, 6.07) is 12.3. The minimum absolute atomic E-state index is 0.140. The molecule has 0 aliphatic carbocycles. The number of aryl methyl sites for hydroxylation is 1. The molecule has 0 spiro atoms. The van der Waals surface area contributed by atoms with Gasteiger partial charge in [0, 0.05) is 4.90 Å². The summed E-state index contributed by atoms with van der Waals surface area (Å²) in [5.41, 5.74) is 2.55. The number of hydrogen-bond donors (Lipinski definition) is 1. The van der Waals surface area contributed by atoms with Crippen LogP contribution >= 0.6 is 11.8 Å². The zero-order valence-corrected chi connectivity index (χ0v) is 14.3. The van der Waals surface area contributed by atoms with Gasteiger partial charge in [0.05, 0.1) is 18.7 Å². The third kappa shape index (κ3) is 5.23. The lowest BCUT2D eigenvalue weighted by Gasteiger charge is -2.12. The van der Waals surface area contributed by atoms with E-state index in [-0.39, 0.29) is 18.9 Å². The first-order valence-electron chi connectivity index (χ1n) is 7.50. The van der Waals surface area contributed by atoms with Gasteiger partial charge in [0.15, 0.2) is 0 Å². The van der Waals surface area contributed by atoms with Gasteiger partial charge in [-0.2, -0.15) is 8.78 Å². The number of anilines is 1. The Bertz CT molecular complexity index is 707. The monoisotopic (exact) mass is 351 g/mol. The Morgan fingerprint density at radius 3 is 2.67 bits per heavy atom. The zero-order chi connectivity index (χ0) is 17.5. The van der Waals surface area contributed by atoms with Crippen molar-refractivity contribution in [3.8, 4) is 5.75 Å². The maximum atomic E-state index is 12.5. The third-order valence-corrected chi connectivity index (χ3v) is 4.31. The van der Waals surface area contributed by atoms with Crippen LogP contribution in [0, 0.1) is 13.8 Å². The van der Waals surface area contributed by atoms with E-state index in [4.69, 9.17) is 4.74 Å². The first-order chi connectivity index (χ1) is 11.5. The highest BCUT2D eigenvalue weighted by molar-refractivity contribution is 7.99. The van der Waals surface area contributed by atoms with Crippen LogP contribution in [0.2, 0.25) is 0 Å². The van der Waals surface area contributed by atoms with Crippen LogP contribution in [0.3, 0.4) is 0 Å². The van der Waals surface area contributed by atoms with Crippen LogP contribution in [0.15, 0.2) is 47.4 Å². The predicted molar refractivity (Wildman–Crippen MR) is 93.0 cm³/mol. The maximum absolute atomic E-state index is 12.5. The van der Waals surface area contributed by atoms with Crippen molar-refractivity contribution in [3.05, 3.63) is 53.6 Å². The number of ether oxygens (including phenoxy) is 1. The smallest absolute Gasteiger partial charge is 0.288 e. The molecule has 2 aromatic carbocycles. The Hall–Kier alpha value is -2.08. The van der Waals surface area contributed by atoms with E-state index in [9.17, 15) is 13.6 Å². The summed E-state index contributed by atoms with van der Waals surface area (Å²) in [6.07, 6.45) is 0.140. The SMILES string of the molecule is Cc1cccc(OCCC(=O)Nc2ccccc2SC(F)F)c1C. The largest absolute Gasteiger partial charge is 0.493 e. The number of thioether (sulfide) groups is 1. The fourth-order valence-electron chi connectivity index (χ4n) is 2.12. The molecule has 0 saturated carbocycles. The molecule has 0 aliphatic rings. The summed E-state index contributed by atoms with van der Waals surface area (Å²) in [4.78, 5) is 12.3. The van der Waals surface area contributed by atoms with Crippen molar-refractivity contribution >= 4 is 23.4 Å². The molecule has 0 heterocycles. The molecule has 1 N–H and O–H groups in total. The second-order valence-electron chi connectivity index (χ2n) is 5.22. The number of rotatable bonds is 7. The van der Waals surface area contributed by atoms with Crippen molar-refractivity contribution in [3.63, 3.8) is 0 Å². The number of benzene rings is 2. The first kappa shape index (κ1) is 18.3. The Morgan fingerprint density at radius 1 is 1.17 bits per heavy atom. The van der Waals surface area contributed by atoms with Crippen LogP contribution in [0.25, 0.3) is 0 Å². The van der Waals surface area contributed by atoms with Crippen molar-refractivity contribution in [1.29, 1.82) is 0 Å². The maximum Gasteiger partial charge on any atom is 0.288 e. The summed E-state index contributed by atoms with van der Waals surface area (Å²) in [5, 5.41) is 2.66. The van der Waals surface area contributed by atoms with E-state index in [0.29, 0.717) is 22.3 Å². The molecule has 0 aromatic heterocycles. The lowest BCUT2D eigenvalue weighted by molar-refractivity contribution is -0.116. The Morgan fingerprint density at radius 2 is 1.92 bits per heavy atom. The summed E-state index contributed by atoms with van der Waals surface area (Å²) in [7, 11) is 0. The van der Waals surface area contributed by atoms with Gasteiger partial charge >= 0.3 is 0 Å². The van der Waals surface area contributed by atoms with Crippen LogP contribution in [-0.4, -0.2) is 18.3 Å². The van der Waals surface area contributed by atoms with E-state index in [1.54, 1.807) is 24.3 Å². The molecule has 0 aliphatic heterocycles. The van der Waals surface area contributed by atoms with E-state index in [1.807, 2.05) is 32.0 Å². The third-order valence-electron chi connectivity index (χ3n) is 3.52. The second-order valence-corrected chi connectivity index (χ2v) is 6.25. The van der Waals surface area contributed by atoms with Gasteiger partial charge in [-0.15, -0.1) is 0 Å². The highest BCUT2D eigenvalue weighted by Crippen LogP contribution is 2.31. The fourth-order valence-corrected chi connectivity index (χ4v) is 2.71. The molecule has 0 atom stereocenters. The molecular weight excluding hydrogens is 332 g/mol. The van der Waals surface area contributed by atoms with E-state index in [2.05, 4.69) is 5.32 Å². The molecule has 0 fully saturated rings. The Labute approximate surface area is 144 Å². The number of para-hydroxylation sites is 1. The highest BCUT2D eigenvalue weighted by Gasteiger charge is 2.12. The summed E-state index contributed by atoms with van der Waals surface area (Å²) in [6.45, 7) is 4.18. The minimum atomic E-state index is -2.53. The molecule has 0 unspecified atom stereocenters. The second kappa shape index (κ2) is 8.68. The Balaban J connectivity index is 1.89. The van der Waals surface area contributed by atoms with Gasteiger partial charge in [-0.1, -0.05) is 36.0 Å². The molecule has 24 heavy (non-hydrogen) atoms. The van der Waals surface area contributed by atoms with Gasteiger partial charge in [-0.05, 0) is 43.2 Å². The molecule has 0 radical (unpaired) electrons. The Kier molecular flexibility index (Phi) is 6.61. The summed E-state index contributed by atoms with van der Waals surface area (Å²) < 4.78 is 30.7. The van der Waals surface area contributed by atoms with Crippen LogP contribution in [0.4, 0.5) is 14.5 Å². The number of carbonyl (C=O) groups is 1. The number of carbonyl (C=O) groups excluding carboxylic acids is 1. The van der Waals surface area contributed by atoms with Crippen molar-refractivity contribution in [1.82, 2.24) is 0 Å². The molecule has 0 saturated heterocycles. The van der Waals surface area contributed by atoms with Gasteiger partial charge in [-0.25, -0.2) is 0 Å². The van der Waals surface area contributed by atoms with Gasteiger partial charge in [-0.3, -0.25) is 4.79 Å². The summed E-state index contributed by atoms with van der Waals surface area (Å²) >= 11 is 0.412.